The lowest BCUT2D eigenvalue weighted by molar-refractivity contribution is -0.153. The molecule has 0 amide bonds. The van der Waals surface area contributed by atoms with Crippen molar-refractivity contribution in [3.05, 3.63) is 60.2 Å². The number of esters is 1. The van der Waals surface area contributed by atoms with Gasteiger partial charge in [0, 0.05) is 18.9 Å². The van der Waals surface area contributed by atoms with Gasteiger partial charge in [-0.15, -0.1) is 6.42 Å². The third-order valence-electron chi connectivity index (χ3n) is 3.61. The van der Waals surface area contributed by atoms with E-state index in [2.05, 4.69) is 18.1 Å². The Morgan fingerprint density at radius 1 is 1.09 bits per heavy atom. The fourth-order valence-corrected chi connectivity index (χ4v) is 2.60. The Morgan fingerprint density at radius 2 is 1.68 bits per heavy atom. The maximum Gasteiger partial charge on any atom is 0.304 e. The lowest BCUT2D eigenvalue weighted by Crippen LogP contribution is -2.30. The average molecular weight is 292 g/mol. The average Bonchev–Trinajstić information content (AvgIpc) is 2.55. The predicted octanol–water partition coefficient (Wildman–Crippen LogP) is 4.55. The van der Waals surface area contributed by atoms with Gasteiger partial charge >= 0.3 is 5.97 Å². The largest absolute Gasteiger partial charge is 0.442 e. The Morgan fingerprint density at radius 3 is 2.18 bits per heavy atom. The molecule has 1 atom stereocenters. The Hall–Kier alpha value is -2.53. The lowest BCUT2D eigenvalue weighted by atomic mass is 9.88. The molecule has 0 saturated heterocycles. The van der Waals surface area contributed by atoms with E-state index in [1.807, 2.05) is 49.4 Å². The summed E-state index contributed by atoms with van der Waals surface area (Å²) in [5.74, 6) is 2.32. The number of carbonyl (C=O) groups excluding carboxylic acids is 1. The number of ether oxygens (including phenoxy) is 1. The highest BCUT2D eigenvalue weighted by Gasteiger charge is 2.32. The molecule has 0 aliphatic rings. The van der Waals surface area contributed by atoms with E-state index in [9.17, 15) is 4.79 Å². The Bertz CT molecular complexity index is 665. The molecule has 2 nitrogen and oxygen atoms in total. The van der Waals surface area contributed by atoms with Crippen molar-refractivity contribution in [3.63, 3.8) is 0 Å². The zero-order chi connectivity index (χ0) is 16.0. The number of rotatable bonds is 5. The highest BCUT2D eigenvalue weighted by atomic mass is 16.6. The maximum atomic E-state index is 11.4. The van der Waals surface area contributed by atoms with Gasteiger partial charge in [0.25, 0.3) is 0 Å². The summed E-state index contributed by atoms with van der Waals surface area (Å²) in [6.45, 7) is 3.41. The molecule has 2 aromatic rings. The van der Waals surface area contributed by atoms with E-state index in [4.69, 9.17) is 11.2 Å². The van der Waals surface area contributed by atoms with Crippen molar-refractivity contribution in [3.8, 4) is 23.5 Å². The van der Waals surface area contributed by atoms with E-state index < -0.39 is 5.60 Å². The number of carbonyl (C=O) groups is 1. The van der Waals surface area contributed by atoms with Gasteiger partial charge in [-0.2, -0.15) is 0 Å². The van der Waals surface area contributed by atoms with Crippen molar-refractivity contribution >= 4 is 5.97 Å². The molecular formula is C20H20O2. The van der Waals surface area contributed by atoms with Crippen LogP contribution in [0.3, 0.4) is 0 Å². The zero-order valence-corrected chi connectivity index (χ0v) is 13.0. The van der Waals surface area contributed by atoms with E-state index in [0.29, 0.717) is 6.42 Å². The van der Waals surface area contributed by atoms with E-state index >= 15 is 0 Å². The number of terminal acetylenes is 1. The van der Waals surface area contributed by atoms with Crippen LogP contribution >= 0.6 is 0 Å². The third kappa shape index (κ3) is 3.38. The second kappa shape index (κ2) is 6.95. The first-order chi connectivity index (χ1) is 10.6. The van der Waals surface area contributed by atoms with Crippen LogP contribution in [0.25, 0.3) is 11.1 Å². The fourth-order valence-electron chi connectivity index (χ4n) is 2.60. The number of benzene rings is 2. The fraction of sp³-hybridized carbons (Fsp3) is 0.250. The lowest BCUT2D eigenvalue weighted by Gasteiger charge is -2.28. The summed E-state index contributed by atoms with van der Waals surface area (Å²) in [7, 11) is 0. The minimum absolute atomic E-state index is 0.362. The minimum atomic E-state index is -0.976. The van der Waals surface area contributed by atoms with Crippen molar-refractivity contribution < 1.29 is 9.53 Å². The standard InChI is InChI=1S/C20H20O2/c1-4-15-20(5-2,22-16(3)21)19-13-11-18(12-14-19)17-9-7-6-8-10-17/h2,6-14H,4,15H2,1,3H3. The topological polar surface area (TPSA) is 26.3 Å². The van der Waals surface area contributed by atoms with Crippen LogP contribution in [-0.2, 0) is 15.1 Å². The van der Waals surface area contributed by atoms with Crippen LogP contribution in [0, 0.1) is 12.3 Å². The van der Waals surface area contributed by atoms with Crippen LogP contribution in [0.15, 0.2) is 54.6 Å². The van der Waals surface area contributed by atoms with Gasteiger partial charge in [-0.1, -0.05) is 73.9 Å². The molecule has 0 N–H and O–H groups in total. The van der Waals surface area contributed by atoms with Gasteiger partial charge < -0.3 is 4.74 Å². The van der Waals surface area contributed by atoms with Gasteiger partial charge in [-0.25, -0.2) is 0 Å². The van der Waals surface area contributed by atoms with Crippen LogP contribution in [0.4, 0.5) is 0 Å². The molecule has 112 valence electrons. The van der Waals surface area contributed by atoms with Gasteiger partial charge in [0.2, 0.25) is 0 Å². The van der Waals surface area contributed by atoms with Crippen molar-refractivity contribution in [1.29, 1.82) is 0 Å². The first-order valence-corrected chi connectivity index (χ1v) is 7.44. The van der Waals surface area contributed by atoms with Crippen molar-refractivity contribution in [2.24, 2.45) is 0 Å². The molecule has 0 spiro atoms. The molecule has 2 heteroatoms. The molecule has 0 saturated carbocycles. The monoisotopic (exact) mass is 292 g/mol. The molecule has 0 fully saturated rings. The maximum absolute atomic E-state index is 11.4. The van der Waals surface area contributed by atoms with Crippen molar-refractivity contribution in [2.75, 3.05) is 0 Å². The van der Waals surface area contributed by atoms with Gasteiger partial charge in [0.05, 0.1) is 0 Å². The molecule has 0 aliphatic carbocycles. The highest BCUT2D eigenvalue weighted by molar-refractivity contribution is 5.68. The van der Waals surface area contributed by atoms with Crippen LogP contribution in [0.2, 0.25) is 0 Å². The molecule has 0 bridgehead atoms. The van der Waals surface area contributed by atoms with Gasteiger partial charge in [-0.3, -0.25) is 4.79 Å². The molecule has 1 unspecified atom stereocenters. The van der Waals surface area contributed by atoms with Crippen LogP contribution in [0.1, 0.15) is 32.3 Å². The first kappa shape index (κ1) is 15.9. The minimum Gasteiger partial charge on any atom is -0.442 e. The van der Waals surface area contributed by atoms with E-state index in [1.165, 1.54) is 6.92 Å². The molecule has 0 radical (unpaired) electrons. The summed E-state index contributed by atoms with van der Waals surface area (Å²) >= 11 is 0. The van der Waals surface area contributed by atoms with Crippen LogP contribution < -0.4 is 0 Å². The van der Waals surface area contributed by atoms with Crippen LogP contribution in [-0.4, -0.2) is 5.97 Å². The summed E-state index contributed by atoms with van der Waals surface area (Å²) in [4.78, 5) is 11.4. The second-order valence-electron chi connectivity index (χ2n) is 5.26. The molecule has 22 heavy (non-hydrogen) atoms. The molecule has 0 aliphatic heterocycles. The number of hydrogen-bond donors (Lipinski definition) is 0. The van der Waals surface area contributed by atoms with Gasteiger partial charge in [0.1, 0.15) is 0 Å². The van der Waals surface area contributed by atoms with E-state index in [0.717, 1.165) is 23.1 Å². The smallest absolute Gasteiger partial charge is 0.304 e. The van der Waals surface area contributed by atoms with Crippen LogP contribution in [0.5, 0.6) is 0 Å². The third-order valence-corrected chi connectivity index (χ3v) is 3.61. The van der Waals surface area contributed by atoms with E-state index in [-0.39, 0.29) is 5.97 Å². The second-order valence-corrected chi connectivity index (χ2v) is 5.26. The quantitative estimate of drug-likeness (QED) is 0.597. The Labute approximate surface area is 132 Å². The molecular weight excluding hydrogens is 272 g/mol. The van der Waals surface area contributed by atoms with Gasteiger partial charge in [0.15, 0.2) is 5.60 Å². The summed E-state index contributed by atoms with van der Waals surface area (Å²) in [6, 6.07) is 18.0. The highest BCUT2D eigenvalue weighted by Crippen LogP contribution is 2.32. The Kier molecular flexibility index (Phi) is 5.01. The normalized spacial score (nSPS) is 13.0. The van der Waals surface area contributed by atoms with Gasteiger partial charge in [-0.05, 0) is 11.1 Å². The molecule has 0 heterocycles. The van der Waals surface area contributed by atoms with E-state index in [1.54, 1.807) is 0 Å². The zero-order valence-electron chi connectivity index (χ0n) is 13.0. The SMILES string of the molecule is C#CC(CCC)(OC(C)=O)c1ccc(-c2ccccc2)cc1. The molecule has 2 aromatic carbocycles. The van der Waals surface area contributed by atoms with Crippen molar-refractivity contribution in [1.82, 2.24) is 0 Å². The summed E-state index contributed by atoms with van der Waals surface area (Å²) in [6.07, 6.45) is 7.13. The number of hydrogen-bond acceptors (Lipinski definition) is 2. The first-order valence-electron chi connectivity index (χ1n) is 7.44. The summed E-state index contributed by atoms with van der Waals surface area (Å²) < 4.78 is 5.48. The molecule has 0 aromatic heterocycles. The predicted molar refractivity (Wildman–Crippen MR) is 89.1 cm³/mol. The Balaban J connectivity index is 2.38. The molecule has 2 rings (SSSR count). The summed E-state index contributed by atoms with van der Waals surface area (Å²) in [5.41, 5.74) is 2.11. The van der Waals surface area contributed by atoms with Crippen molar-refractivity contribution in [2.45, 2.75) is 32.3 Å². The summed E-state index contributed by atoms with van der Waals surface area (Å²) in [5, 5.41) is 0.